The predicted octanol–water partition coefficient (Wildman–Crippen LogP) is 3.69. The van der Waals surface area contributed by atoms with Crippen molar-refractivity contribution in [3.05, 3.63) is 35.9 Å². The molecule has 0 spiro atoms. The molecule has 1 fully saturated rings. The van der Waals surface area contributed by atoms with Crippen LogP contribution in [0.1, 0.15) is 51.0 Å². The van der Waals surface area contributed by atoms with E-state index < -0.39 is 0 Å². The first-order chi connectivity index (χ1) is 10.2. The Hall–Kier alpha value is -0.900. The van der Waals surface area contributed by atoms with Crippen molar-refractivity contribution in [2.45, 2.75) is 63.8 Å². The van der Waals surface area contributed by atoms with Crippen LogP contribution in [0.25, 0.3) is 0 Å². The molecule has 3 heteroatoms. The second-order valence-electron chi connectivity index (χ2n) is 6.30. The third-order valence-electron chi connectivity index (χ3n) is 4.22. The zero-order valence-electron chi connectivity index (χ0n) is 13.1. The third-order valence-corrected chi connectivity index (χ3v) is 4.22. The van der Waals surface area contributed by atoms with Crippen molar-refractivity contribution in [1.29, 1.82) is 0 Å². The SMILES string of the molecule is CC1(CCCCOCc2ccccc2)CCCC(O)CO1. The van der Waals surface area contributed by atoms with E-state index in [1.165, 1.54) is 5.56 Å². The number of benzene rings is 1. The van der Waals surface area contributed by atoms with Gasteiger partial charge in [-0.25, -0.2) is 0 Å². The van der Waals surface area contributed by atoms with Crippen molar-refractivity contribution in [2.75, 3.05) is 13.2 Å². The van der Waals surface area contributed by atoms with Crippen LogP contribution in [0.3, 0.4) is 0 Å². The van der Waals surface area contributed by atoms with Gasteiger partial charge in [-0.3, -0.25) is 0 Å². The summed E-state index contributed by atoms with van der Waals surface area (Å²) in [4.78, 5) is 0. The van der Waals surface area contributed by atoms with Crippen molar-refractivity contribution in [1.82, 2.24) is 0 Å². The van der Waals surface area contributed by atoms with E-state index in [4.69, 9.17) is 9.47 Å². The van der Waals surface area contributed by atoms with Gasteiger partial charge in [-0.2, -0.15) is 0 Å². The van der Waals surface area contributed by atoms with Gasteiger partial charge in [-0.05, 0) is 51.0 Å². The molecule has 1 aliphatic heterocycles. The maximum absolute atomic E-state index is 9.63. The minimum absolute atomic E-state index is 0.0586. The molecule has 3 nitrogen and oxygen atoms in total. The number of hydrogen-bond acceptors (Lipinski definition) is 3. The van der Waals surface area contributed by atoms with Gasteiger partial charge < -0.3 is 14.6 Å². The predicted molar refractivity (Wildman–Crippen MR) is 84.2 cm³/mol. The molecule has 2 atom stereocenters. The molecule has 0 aliphatic carbocycles. The Labute approximate surface area is 128 Å². The fourth-order valence-corrected chi connectivity index (χ4v) is 2.83. The second-order valence-corrected chi connectivity index (χ2v) is 6.30. The van der Waals surface area contributed by atoms with Crippen LogP contribution >= 0.6 is 0 Å². The van der Waals surface area contributed by atoms with Gasteiger partial charge in [0.05, 0.1) is 24.9 Å². The normalized spacial score (nSPS) is 26.5. The molecule has 1 saturated heterocycles. The molecule has 0 aromatic heterocycles. The first-order valence-corrected chi connectivity index (χ1v) is 8.12. The summed E-state index contributed by atoms with van der Waals surface area (Å²) in [6, 6.07) is 10.3. The Morgan fingerprint density at radius 2 is 2.10 bits per heavy atom. The molecule has 1 aliphatic rings. The average molecular weight is 292 g/mol. The molecule has 118 valence electrons. The highest BCUT2D eigenvalue weighted by atomic mass is 16.5. The van der Waals surface area contributed by atoms with Crippen LogP contribution in [-0.4, -0.2) is 30.0 Å². The van der Waals surface area contributed by atoms with Crippen LogP contribution in [0.4, 0.5) is 0 Å². The number of ether oxygens (including phenoxy) is 2. The molecule has 0 bridgehead atoms. The monoisotopic (exact) mass is 292 g/mol. The Morgan fingerprint density at radius 3 is 2.90 bits per heavy atom. The highest BCUT2D eigenvalue weighted by Gasteiger charge is 2.28. The van der Waals surface area contributed by atoms with Gasteiger partial charge in [0.2, 0.25) is 0 Å². The molecule has 2 rings (SSSR count). The number of aliphatic hydroxyl groups excluding tert-OH is 1. The summed E-state index contributed by atoms with van der Waals surface area (Å²) in [6.45, 7) is 4.16. The zero-order valence-corrected chi connectivity index (χ0v) is 13.1. The van der Waals surface area contributed by atoms with E-state index in [-0.39, 0.29) is 11.7 Å². The van der Waals surface area contributed by atoms with Crippen molar-refractivity contribution in [2.24, 2.45) is 0 Å². The minimum atomic E-state index is -0.277. The molecule has 21 heavy (non-hydrogen) atoms. The number of hydrogen-bond donors (Lipinski definition) is 1. The maximum Gasteiger partial charge on any atom is 0.0774 e. The van der Waals surface area contributed by atoms with Gasteiger partial charge in [0.15, 0.2) is 0 Å². The Balaban J connectivity index is 1.57. The summed E-state index contributed by atoms with van der Waals surface area (Å²) in [7, 11) is 0. The van der Waals surface area contributed by atoms with Crippen LogP contribution in [0, 0.1) is 0 Å². The van der Waals surface area contributed by atoms with E-state index in [1.54, 1.807) is 0 Å². The van der Waals surface area contributed by atoms with Crippen molar-refractivity contribution in [3.63, 3.8) is 0 Å². The largest absolute Gasteiger partial charge is 0.391 e. The molecule has 1 aromatic rings. The molecule has 0 saturated carbocycles. The molecule has 1 aromatic carbocycles. The van der Waals surface area contributed by atoms with E-state index >= 15 is 0 Å². The third kappa shape index (κ3) is 6.16. The van der Waals surface area contributed by atoms with Crippen LogP contribution in [0.15, 0.2) is 30.3 Å². The van der Waals surface area contributed by atoms with E-state index in [9.17, 15) is 5.11 Å². The Bertz CT molecular complexity index is 393. The van der Waals surface area contributed by atoms with Gasteiger partial charge in [-0.15, -0.1) is 0 Å². The molecule has 2 unspecified atom stereocenters. The fourth-order valence-electron chi connectivity index (χ4n) is 2.83. The summed E-state index contributed by atoms with van der Waals surface area (Å²) in [5.41, 5.74) is 1.17. The summed E-state index contributed by atoms with van der Waals surface area (Å²) < 4.78 is 11.6. The van der Waals surface area contributed by atoms with Crippen LogP contribution in [0.5, 0.6) is 0 Å². The molecule has 1 heterocycles. The van der Waals surface area contributed by atoms with Crippen molar-refractivity contribution in [3.8, 4) is 0 Å². The first-order valence-electron chi connectivity index (χ1n) is 8.12. The lowest BCUT2D eigenvalue weighted by molar-refractivity contribution is -0.0637. The van der Waals surface area contributed by atoms with E-state index in [1.807, 2.05) is 18.2 Å². The lowest BCUT2D eigenvalue weighted by Gasteiger charge is -2.28. The number of unbranched alkanes of at least 4 members (excludes halogenated alkanes) is 1. The van der Waals surface area contributed by atoms with E-state index in [2.05, 4.69) is 19.1 Å². The van der Waals surface area contributed by atoms with E-state index in [0.717, 1.165) is 45.1 Å². The van der Waals surface area contributed by atoms with Crippen molar-refractivity contribution < 1.29 is 14.6 Å². The Morgan fingerprint density at radius 1 is 1.29 bits per heavy atom. The highest BCUT2D eigenvalue weighted by molar-refractivity contribution is 5.13. The molecule has 0 amide bonds. The summed E-state index contributed by atoms with van der Waals surface area (Å²) in [5.74, 6) is 0. The van der Waals surface area contributed by atoms with Crippen LogP contribution < -0.4 is 0 Å². The Kier molecular flexibility index (Phi) is 6.68. The average Bonchev–Trinajstić information content (AvgIpc) is 2.66. The lowest BCUT2D eigenvalue weighted by Crippen LogP contribution is -2.29. The van der Waals surface area contributed by atoms with Crippen LogP contribution in [0.2, 0.25) is 0 Å². The number of aliphatic hydroxyl groups is 1. The van der Waals surface area contributed by atoms with Gasteiger partial charge >= 0.3 is 0 Å². The quantitative estimate of drug-likeness (QED) is 0.779. The minimum Gasteiger partial charge on any atom is -0.391 e. The smallest absolute Gasteiger partial charge is 0.0774 e. The van der Waals surface area contributed by atoms with E-state index in [0.29, 0.717) is 13.2 Å². The second kappa shape index (κ2) is 8.52. The topological polar surface area (TPSA) is 38.7 Å². The lowest BCUT2D eigenvalue weighted by atomic mass is 9.93. The molecule has 1 N–H and O–H groups in total. The number of rotatable bonds is 7. The molecular weight excluding hydrogens is 264 g/mol. The standard InChI is InChI=1S/C18H28O3/c1-18(12-7-10-17(19)15-21-18)11-5-6-13-20-14-16-8-3-2-4-9-16/h2-4,8-9,17,19H,5-7,10-15H2,1H3. The maximum atomic E-state index is 9.63. The van der Waals surface area contributed by atoms with Crippen LogP contribution in [-0.2, 0) is 16.1 Å². The van der Waals surface area contributed by atoms with Gasteiger partial charge in [0.1, 0.15) is 0 Å². The highest BCUT2D eigenvalue weighted by Crippen LogP contribution is 2.28. The molecular formula is C18H28O3. The fraction of sp³-hybridized carbons (Fsp3) is 0.667. The summed E-state index contributed by atoms with van der Waals surface area (Å²) in [5, 5.41) is 9.63. The zero-order chi connectivity index (χ0) is 15.0. The van der Waals surface area contributed by atoms with Crippen molar-refractivity contribution >= 4 is 0 Å². The first kappa shape index (κ1) is 16.5. The van der Waals surface area contributed by atoms with Gasteiger partial charge in [-0.1, -0.05) is 30.3 Å². The molecule has 0 radical (unpaired) electrons. The summed E-state index contributed by atoms with van der Waals surface area (Å²) in [6.07, 6.45) is 5.93. The summed E-state index contributed by atoms with van der Waals surface area (Å²) >= 11 is 0. The van der Waals surface area contributed by atoms with Gasteiger partial charge in [0, 0.05) is 6.61 Å². The van der Waals surface area contributed by atoms with Gasteiger partial charge in [0.25, 0.3) is 0 Å².